The van der Waals surface area contributed by atoms with Gasteiger partial charge in [0.05, 0.1) is 10.5 Å². The number of carboxylic acids is 1. The summed E-state index contributed by atoms with van der Waals surface area (Å²) in [6.45, 7) is 0. The van der Waals surface area contributed by atoms with Gasteiger partial charge in [-0.3, -0.25) is 0 Å². The Labute approximate surface area is 87.5 Å². The van der Waals surface area contributed by atoms with E-state index >= 15 is 0 Å². The molecule has 0 aromatic heterocycles. The summed E-state index contributed by atoms with van der Waals surface area (Å²) in [5, 5.41) is 8.44. The average Bonchev–Trinajstić information content (AvgIpc) is 2.06. The van der Waals surface area contributed by atoms with Crippen LogP contribution in [0.4, 0.5) is 8.78 Å². The highest BCUT2D eigenvalue weighted by molar-refractivity contribution is 8.13. The largest absolute Gasteiger partial charge is 0.478 e. The van der Waals surface area contributed by atoms with Gasteiger partial charge in [0.1, 0.15) is 0 Å². The zero-order valence-electron chi connectivity index (χ0n) is 6.87. The maximum atomic E-state index is 12.8. The monoisotopic (exact) mass is 256 g/mol. The van der Waals surface area contributed by atoms with Crippen molar-refractivity contribution in [1.82, 2.24) is 0 Å². The van der Waals surface area contributed by atoms with Crippen LogP contribution in [0.15, 0.2) is 17.0 Å². The maximum absolute atomic E-state index is 12.8. The van der Waals surface area contributed by atoms with Crippen LogP contribution in [0.3, 0.4) is 0 Å². The molecule has 0 saturated heterocycles. The maximum Gasteiger partial charge on any atom is 0.338 e. The molecule has 1 N–H and O–H groups in total. The summed E-state index contributed by atoms with van der Waals surface area (Å²) in [5.74, 6) is -5.01. The van der Waals surface area contributed by atoms with Crippen LogP contribution < -0.4 is 0 Å². The zero-order chi connectivity index (χ0) is 11.8. The van der Waals surface area contributed by atoms with Gasteiger partial charge in [0.2, 0.25) is 0 Å². The molecule has 0 aliphatic carbocycles. The van der Waals surface area contributed by atoms with Crippen molar-refractivity contribution in [1.29, 1.82) is 0 Å². The topological polar surface area (TPSA) is 71.4 Å². The Kier molecular flexibility index (Phi) is 2.96. The molecular weight excluding hydrogens is 254 g/mol. The first-order valence-electron chi connectivity index (χ1n) is 3.40. The standard InChI is InChI=1S/C7H3ClF2O4S/c8-15(13,14)3-1-4(7(11)12)6(10)5(9)2-3/h1-2H,(H,11,12). The minimum Gasteiger partial charge on any atom is -0.478 e. The predicted octanol–water partition coefficient (Wildman–Crippen LogP) is 1.59. The van der Waals surface area contributed by atoms with Crippen LogP contribution in [0, 0.1) is 11.6 Å². The summed E-state index contributed by atoms with van der Waals surface area (Å²) in [7, 11) is 0.554. The lowest BCUT2D eigenvalue weighted by atomic mass is 10.2. The van der Waals surface area contributed by atoms with E-state index in [1.807, 2.05) is 0 Å². The summed E-state index contributed by atoms with van der Waals surface area (Å²) < 4.78 is 47.1. The van der Waals surface area contributed by atoms with E-state index in [1.54, 1.807) is 0 Å². The van der Waals surface area contributed by atoms with Gasteiger partial charge in [0, 0.05) is 10.7 Å². The molecule has 0 amide bonds. The van der Waals surface area contributed by atoms with E-state index in [1.165, 1.54) is 0 Å². The SMILES string of the molecule is O=C(O)c1cc(S(=O)(=O)Cl)cc(F)c1F. The minimum atomic E-state index is -4.30. The van der Waals surface area contributed by atoms with E-state index in [0.717, 1.165) is 0 Å². The molecule has 0 saturated carbocycles. The van der Waals surface area contributed by atoms with Crippen molar-refractivity contribution in [3.8, 4) is 0 Å². The molecule has 1 aromatic rings. The minimum absolute atomic E-state index is 0.310. The van der Waals surface area contributed by atoms with E-state index in [-0.39, 0.29) is 0 Å². The first-order valence-corrected chi connectivity index (χ1v) is 5.71. The summed E-state index contributed by atoms with van der Waals surface area (Å²) in [6, 6.07) is 0.757. The molecule has 0 bridgehead atoms. The third kappa shape index (κ3) is 2.42. The molecule has 4 nitrogen and oxygen atoms in total. The molecule has 0 atom stereocenters. The normalized spacial score (nSPS) is 11.4. The molecule has 0 aliphatic rings. The fraction of sp³-hybridized carbons (Fsp3) is 0. The predicted molar refractivity (Wildman–Crippen MR) is 46.4 cm³/mol. The number of benzene rings is 1. The second-order valence-electron chi connectivity index (χ2n) is 2.51. The highest BCUT2D eigenvalue weighted by atomic mass is 35.7. The van der Waals surface area contributed by atoms with Gasteiger partial charge in [-0.25, -0.2) is 22.0 Å². The van der Waals surface area contributed by atoms with Crippen molar-refractivity contribution in [3.05, 3.63) is 29.3 Å². The first kappa shape index (κ1) is 11.9. The molecule has 0 unspecified atom stereocenters. The van der Waals surface area contributed by atoms with Gasteiger partial charge >= 0.3 is 5.97 Å². The Morgan fingerprint density at radius 2 is 1.87 bits per heavy atom. The lowest BCUT2D eigenvalue weighted by molar-refractivity contribution is 0.0690. The molecule has 1 rings (SSSR count). The number of carbonyl (C=O) groups is 1. The number of halogens is 3. The number of hydrogen-bond acceptors (Lipinski definition) is 3. The molecular formula is C7H3ClF2O4S. The molecule has 0 spiro atoms. The summed E-state index contributed by atoms with van der Waals surface area (Å²) in [4.78, 5) is 9.60. The van der Waals surface area contributed by atoms with E-state index in [0.29, 0.717) is 12.1 Å². The molecule has 1 aromatic carbocycles. The summed E-state index contributed by atoms with van der Waals surface area (Å²) in [5.41, 5.74) is -1.09. The van der Waals surface area contributed by atoms with Crippen molar-refractivity contribution in [2.75, 3.05) is 0 Å². The van der Waals surface area contributed by atoms with Gasteiger partial charge < -0.3 is 5.11 Å². The smallest absolute Gasteiger partial charge is 0.338 e. The van der Waals surface area contributed by atoms with Crippen molar-refractivity contribution in [2.24, 2.45) is 0 Å². The lowest BCUT2D eigenvalue weighted by Crippen LogP contribution is -2.05. The third-order valence-electron chi connectivity index (χ3n) is 1.51. The number of rotatable bonds is 2. The zero-order valence-corrected chi connectivity index (χ0v) is 8.44. The molecule has 0 heterocycles. The van der Waals surface area contributed by atoms with Crippen molar-refractivity contribution in [3.63, 3.8) is 0 Å². The highest BCUT2D eigenvalue weighted by Crippen LogP contribution is 2.21. The van der Waals surface area contributed by atoms with Gasteiger partial charge in [-0.15, -0.1) is 0 Å². The van der Waals surface area contributed by atoms with Gasteiger partial charge in [0.25, 0.3) is 9.05 Å². The number of hydrogen-bond donors (Lipinski definition) is 1. The fourth-order valence-corrected chi connectivity index (χ4v) is 1.63. The van der Waals surface area contributed by atoms with Crippen LogP contribution in [0.2, 0.25) is 0 Å². The van der Waals surface area contributed by atoms with Gasteiger partial charge in [-0.2, -0.15) is 0 Å². The average molecular weight is 257 g/mol. The lowest BCUT2D eigenvalue weighted by Gasteiger charge is -2.01. The van der Waals surface area contributed by atoms with Crippen LogP contribution >= 0.6 is 10.7 Å². The van der Waals surface area contributed by atoms with Crippen molar-refractivity contribution >= 4 is 25.7 Å². The van der Waals surface area contributed by atoms with Gasteiger partial charge in [-0.1, -0.05) is 0 Å². The Balaban J connectivity index is 3.57. The van der Waals surface area contributed by atoms with Crippen molar-refractivity contribution < 1.29 is 27.1 Å². The fourth-order valence-electron chi connectivity index (χ4n) is 0.861. The molecule has 0 aliphatic heterocycles. The number of carboxylic acid groups (broad SMARTS) is 1. The molecule has 0 fully saturated rings. The Bertz CT molecular complexity index is 526. The van der Waals surface area contributed by atoms with Crippen LogP contribution in [-0.2, 0) is 9.05 Å². The summed E-state index contributed by atoms with van der Waals surface area (Å²) in [6.07, 6.45) is 0. The second-order valence-corrected chi connectivity index (χ2v) is 5.08. The molecule has 8 heteroatoms. The van der Waals surface area contributed by atoms with Crippen molar-refractivity contribution in [2.45, 2.75) is 4.90 Å². The summed E-state index contributed by atoms with van der Waals surface area (Å²) >= 11 is 0. The Morgan fingerprint density at radius 1 is 1.33 bits per heavy atom. The Morgan fingerprint density at radius 3 is 2.27 bits per heavy atom. The van der Waals surface area contributed by atoms with Crippen LogP contribution in [0.25, 0.3) is 0 Å². The number of aromatic carboxylic acids is 1. The van der Waals surface area contributed by atoms with Gasteiger partial charge in [0.15, 0.2) is 11.6 Å². The Hall–Kier alpha value is -1.21. The quantitative estimate of drug-likeness (QED) is 0.816. The van der Waals surface area contributed by atoms with E-state index < -0.39 is 37.1 Å². The highest BCUT2D eigenvalue weighted by Gasteiger charge is 2.21. The second kappa shape index (κ2) is 3.74. The van der Waals surface area contributed by atoms with E-state index in [2.05, 4.69) is 0 Å². The van der Waals surface area contributed by atoms with E-state index in [4.69, 9.17) is 15.8 Å². The molecule has 82 valence electrons. The third-order valence-corrected chi connectivity index (χ3v) is 2.85. The van der Waals surface area contributed by atoms with Gasteiger partial charge in [-0.05, 0) is 12.1 Å². The van der Waals surface area contributed by atoms with E-state index in [9.17, 15) is 22.0 Å². The molecule has 0 radical (unpaired) electrons. The first-order chi connectivity index (χ1) is 6.73. The molecule has 15 heavy (non-hydrogen) atoms. The van der Waals surface area contributed by atoms with Crippen LogP contribution in [0.1, 0.15) is 10.4 Å². The van der Waals surface area contributed by atoms with Crippen LogP contribution in [-0.4, -0.2) is 19.5 Å². The van der Waals surface area contributed by atoms with Crippen LogP contribution in [0.5, 0.6) is 0 Å².